The first kappa shape index (κ1) is 19.7. The molecule has 0 spiro atoms. The third-order valence-corrected chi connectivity index (χ3v) is 4.19. The Bertz CT molecular complexity index is 1170. The number of nitrogens with zero attached hydrogens (tertiary/aromatic N) is 6. The highest BCUT2D eigenvalue weighted by atomic mass is 32.2. The lowest BCUT2D eigenvalue weighted by atomic mass is 10.1. The van der Waals surface area contributed by atoms with E-state index in [-0.39, 0.29) is 23.5 Å². The molecular weight excluding hydrogens is 402 g/mol. The molecule has 148 valence electrons. The first-order valence-corrected chi connectivity index (χ1v) is 9.36. The predicted octanol–water partition coefficient (Wildman–Crippen LogP) is 1.11. The van der Waals surface area contributed by atoms with Crippen LogP contribution in [0.2, 0.25) is 0 Å². The van der Waals surface area contributed by atoms with Gasteiger partial charge in [0.2, 0.25) is 0 Å². The third-order valence-electron chi connectivity index (χ3n) is 3.77. The number of aromatic nitrogens is 3. The van der Waals surface area contributed by atoms with E-state index in [2.05, 4.69) is 14.4 Å². The molecule has 0 aliphatic carbocycles. The molecule has 1 heterocycles. The van der Waals surface area contributed by atoms with Crippen LogP contribution in [0.4, 0.5) is 11.4 Å². The number of nitrogens with two attached hydrogens (primary N) is 1. The number of rotatable bonds is 7. The van der Waals surface area contributed by atoms with Gasteiger partial charge in [0.05, 0.1) is 40.4 Å². The summed E-state index contributed by atoms with van der Waals surface area (Å²) in [6, 6.07) is 12.2. The second kappa shape index (κ2) is 7.92. The zero-order valence-corrected chi connectivity index (χ0v) is 15.4. The average Bonchev–Trinajstić information content (AvgIpc) is 3.20. The molecule has 29 heavy (non-hydrogen) atoms. The molecule has 3 aromatic rings. The van der Waals surface area contributed by atoms with Crippen LogP contribution in [0.25, 0.3) is 0 Å². The Morgan fingerprint density at radius 3 is 2.41 bits per heavy atom. The normalized spacial score (nSPS) is 10.9. The van der Waals surface area contributed by atoms with Crippen LogP contribution in [0, 0.1) is 21.4 Å². The molecule has 0 saturated carbocycles. The van der Waals surface area contributed by atoms with Crippen LogP contribution in [-0.4, -0.2) is 28.2 Å². The molecule has 0 atom stereocenters. The monoisotopic (exact) mass is 415 g/mol. The van der Waals surface area contributed by atoms with Gasteiger partial charge in [-0.15, -0.1) is 10.2 Å². The highest BCUT2D eigenvalue weighted by Crippen LogP contribution is 2.28. The van der Waals surface area contributed by atoms with Crippen molar-refractivity contribution < 1.29 is 17.5 Å². The zero-order valence-electron chi connectivity index (χ0n) is 14.6. The fraction of sp³-hybridized carbons (Fsp3) is 0.0625. The van der Waals surface area contributed by atoms with Crippen molar-refractivity contribution in [3.05, 3.63) is 76.4 Å². The van der Waals surface area contributed by atoms with Crippen molar-refractivity contribution >= 4 is 21.7 Å². The van der Waals surface area contributed by atoms with Gasteiger partial charge in [0.1, 0.15) is 12.7 Å². The van der Waals surface area contributed by atoms with Gasteiger partial charge in [-0.2, -0.15) is 18.8 Å². The van der Waals surface area contributed by atoms with Gasteiger partial charge >= 0.3 is 10.3 Å². The molecule has 2 aromatic carbocycles. The number of nitro groups is 1. The maximum atomic E-state index is 11.5. The van der Waals surface area contributed by atoms with Crippen LogP contribution >= 0.6 is 0 Å². The minimum absolute atomic E-state index is 0.00983. The van der Waals surface area contributed by atoms with Crippen molar-refractivity contribution in [2.75, 3.05) is 5.01 Å². The molecule has 0 bridgehead atoms. The number of anilines is 1. The van der Waals surface area contributed by atoms with Crippen molar-refractivity contribution in [3.63, 3.8) is 0 Å². The summed E-state index contributed by atoms with van der Waals surface area (Å²) in [5.74, 6) is -0.280. The van der Waals surface area contributed by atoms with Gasteiger partial charge in [0.15, 0.2) is 5.75 Å². The molecule has 2 N–H and O–H groups in total. The summed E-state index contributed by atoms with van der Waals surface area (Å²) in [6.45, 7) is 0.00983. The molecule has 12 nitrogen and oxygen atoms in total. The van der Waals surface area contributed by atoms with Gasteiger partial charge in [-0.3, -0.25) is 15.1 Å². The lowest BCUT2D eigenvalue weighted by Crippen LogP contribution is -2.28. The Kier molecular flexibility index (Phi) is 5.39. The van der Waals surface area contributed by atoms with Gasteiger partial charge < -0.3 is 4.18 Å². The molecule has 0 amide bonds. The minimum atomic E-state index is -4.32. The predicted molar refractivity (Wildman–Crippen MR) is 99.6 cm³/mol. The highest BCUT2D eigenvalue weighted by molar-refractivity contribution is 7.84. The van der Waals surface area contributed by atoms with Crippen LogP contribution < -0.4 is 14.3 Å². The van der Waals surface area contributed by atoms with E-state index in [0.29, 0.717) is 11.3 Å². The topological polar surface area (TPSA) is 170 Å². The minimum Gasteiger partial charge on any atom is -0.371 e. The molecule has 0 saturated heterocycles. The van der Waals surface area contributed by atoms with E-state index >= 15 is 0 Å². The first-order valence-electron chi connectivity index (χ1n) is 7.89. The highest BCUT2D eigenvalue weighted by Gasteiger charge is 2.21. The van der Waals surface area contributed by atoms with Gasteiger partial charge in [0, 0.05) is 0 Å². The SMILES string of the molecule is N#Cc1ccc(N(Cc2ccc(OS(N)(=O)=O)cc2[N+](=O)[O-])n2cnnc2)cc1. The molecule has 1 aromatic heterocycles. The van der Waals surface area contributed by atoms with E-state index in [1.807, 2.05) is 6.07 Å². The number of nitro benzene ring substituents is 1. The summed E-state index contributed by atoms with van der Waals surface area (Å²) < 4.78 is 28.2. The van der Waals surface area contributed by atoms with Crippen LogP contribution in [0.15, 0.2) is 55.1 Å². The Morgan fingerprint density at radius 2 is 1.86 bits per heavy atom. The smallest absolute Gasteiger partial charge is 0.371 e. The molecule has 3 rings (SSSR count). The summed E-state index contributed by atoms with van der Waals surface area (Å²) in [4.78, 5) is 10.9. The summed E-state index contributed by atoms with van der Waals surface area (Å²) in [6.07, 6.45) is 2.81. The van der Waals surface area contributed by atoms with E-state index < -0.39 is 15.2 Å². The van der Waals surface area contributed by atoms with Crippen molar-refractivity contribution in [1.29, 1.82) is 5.26 Å². The molecule has 13 heteroatoms. The van der Waals surface area contributed by atoms with E-state index in [0.717, 1.165) is 6.07 Å². The van der Waals surface area contributed by atoms with E-state index in [1.54, 1.807) is 29.3 Å². The Balaban J connectivity index is 2.01. The molecule has 0 fully saturated rings. The van der Waals surface area contributed by atoms with Gasteiger partial charge in [-0.05, 0) is 36.4 Å². The van der Waals surface area contributed by atoms with E-state index in [1.165, 1.54) is 29.5 Å². The maximum Gasteiger partial charge on any atom is 0.380 e. The van der Waals surface area contributed by atoms with Crippen molar-refractivity contribution in [3.8, 4) is 11.8 Å². The average molecular weight is 415 g/mol. The second-order valence-corrected chi connectivity index (χ2v) is 6.83. The summed E-state index contributed by atoms with van der Waals surface area (Å²) >= 11 is 0. The second-order valence-electron chi connectivity index (χ2n) is 5.68. The van der Waals surface area contributed by atoms with Crippen molar-refractivity contribution in [2.45, 2.75) is 6.54 Å². The molecular formula is C16H13N7O5S. The van der Waals surface area contributed by atoms with E-state index in [9.17, 15) is 18.5 Å². The lowest BCUT2D eigenvalue weighted by molar-refractivity contribution is -0.385. The largest absolute Gasteiger partial charge is 0.380 e. The number of hydrogen-bond donors (Lipinski definition) is 1. The van der Waals surface area contributed by atoms with Gasteiger partial charge in [-0.25, -0.2) is 4.68 Å². The van der Waals surface area contributed by atoms with Gasteiger partial charge in [0.25, 0.3) is 5.69 Å². The molecule has 0 unspecified atom stereocenters. The van der Waals surface area contributed by atoms with E-state index in [4.69, 9.17) is 10.4 Å². The Labute approximate surface area is 164 Å². The number of benzene rings is 2. The number of hydrogen-bond acceptors (Lipinski definition) is 9. The molecule has 0 aliphatic heterocycles. The third kappa shape index (κ3) is 4.83. The Hall–Kier alpha value is -4.02. The van der Waals surface area contributed by atoms with Crippen LogP contribution in [-0.2, 0) is 16.8 Å². The van der Waals surface area contributed by atoms with Crippen LogP contribution in [0.1, 0.15) is 11.1 Å². The molecule has 0 aliphatic rings. The van der Waals surface area contributed by atoms with Gasteiger partial charge in [-0.1, -0.05) is 0 Å². The van der Waals surface area contributed by atoms with Crippen LogP contribution in [0.5, 0.6) is 5.75 Å². The fourth-order valence-electron chi connectivity index (χ4n) is 2.53. The number of nitriles is 1. The Morgan fingerprint density at radius 1 is 1.21 bits per heavy atom. The quantitative estimate of drug-likeness (QED) is 0.438. The van der Waals surface area contributed by atoms with Crippen LogP contribution in [0.3, 0.4) is 0 Å². The first-order chi connectivity index (χ1) is 13.8. The lowest BCUT2D eigenvalue weighted by Gasteiger charge is -2.25. The summed E-state index contributed by atoms with van der Waals surface area (Å²) in [7, 11) is -4.32. The standard InChI is InChI=1S/C16H13N7O5S/c17-8-12-1-4-14(5-2-12)22(21-10-19-20-11-21)9-13-3-6-15(28-29(18,26)27)7-16(13)23(24)25/h1-7,10-11H,9H2,(H2,18,26,27). The zero-order chi connectivity index (χ0) is 21.0. The molecule has 0 radical (unpaired) electrons. The fourth-order valence-corrected chi connectivity index (χ4v) is 2.90. The maximum absolute atomic E-state index is 11.5. The summed E-state index contributed by atoms with van der Waals surface area (Å²) in [5, 5.41) is 34.4. The summed E-state index contributed by atoms with van der Waals surface area (Å²) in [5.41, 5.74) is 0.962. The van der Waals surface area contributed by atoms with Crippen molar-refractivity contribution in [1.82, 2.24) is 14.9 Å². The van der Waals surface area contributed by atoms with Crippen molar-refractivity contribution in [2.24, 2.45) is 5.14 Å².